The van der Waals surface area contributed by atoms with Crippen LogP contribution in [0.3, 0.4) is 0 Å². The number of pyridine rings is 1. The SMILES string of the molecule is O=C(Cc1c[nH]c2cc(F)ccc12)Nc1cccc2cccnc12. The summed E-state index contributed by atoms with van der Waals surface area (Å²) in [4.78, 5) is 19.7. The van der Waals surface area contributed by atoms with Crippen molar-refractivity contribution in [3.05, 3.63) is 72.3 Å². The minimum absolute atomic E-state index is 0.140. The quantitative estimate of drug-likeness (QED) is 0.599. The maximum absolute atomic E-state index is 13.2. The number of para-hydroxylation sites is 1. The van der Waals surface area contributed by atoms with Gasteiger partial charge in [0.25, 0.3) is 0 Å². The van der Waals surface area contributed by atoms with Gasteiger partial charge in [-0.3, -0.25) is 9.78 Å². The Morgan fingerprint density at radius 1 is 1.17 bits per heavy atom. The van der Waals surface area contributed by atoms with Crippen molar-refractivity contribution in [2.24, 2.45) is 0 Å². The number of aromatic amines is 1. The van der Waals surface area contributed by atoms with Gasteiger partial charge >= 0.3 is 0 Å². The van der Waals surface area contributed by atoms with E-state index in [2.05, 4.69) is 15.3 Å². The molecule has 118 valence electrons. The third kappa shape index (κ3) is 2.60. The normalized spacial score (nSPS) is 11.0. The molecule has 0 aliphatic carbocycles. The highest BCUT2D eigenvalue weighted by atomic mass is 19.1. The van der Waals surface area contributed by atoms with E-state index in [1.807, 2.05) is 30.3 Å². The second-order valence-electron chi connectivity index (χ2n) is 5.61. The minimum atomic E-state index is -0.304. The van der Waals surface area contributed by atoms with Crippen LogP contribution in [0.1, 0.15) is 5.56 Å². The first-order valence-corrected chi connectivity index (χ1v) is 7.60. The Hall–Kier alpha value is -3.21. The molecule has 0 saturated heterocycles. The summed E-state index contributed by atoms with van der Waals surface area (Å²) in [5.74, 6) is -0.444. The number of hydrogen-bond donors (Lipinski definition) is 2. The Labute approximate surface area is 137 Å². The molecule has 5 heteroatoms. The van der Waals surface area contributed by atoms with E-state index in [0.29, 0.717) is 11.2 Å². The van der Waals surface area contributed by atoms with Crippen LogP contribution in [-0.4, -0.2) is 15.9 Å². The summed E-state index contributed by atoms with van der Waals surface area (Å²) in [6, 6.07) is 14.0. The van der Waals surface area contributed by atoms with Gasteiger partial charge in [0.2, 0.25) is 5.91 Å². The standard InChI is InChI=1S/C19H14FN3O/c20-14-6-7-15-13(11-22-17(15)10-14)9-18(24)23-16-5-1-3-12-4-2-8-21-19(12)16/h1-8,10-11,22H,9H2,(H,23,24). The van der Waals surface area contributed by atoms with Gasteiger partial charge in [-0.15, -0.1) is 0 Å². The molecule has 0 bridgehead atoms. The zero-order chi connectivity index (χ0) is 16.5. The number of aromatic nitrogens is 2. The Bertz CT molecular complexity index is 1050. The lowest BCUT2D eigenvalue weighted by molar-refractivity contribution is -0.115. The van der Waals surface area contributed by atoms with E-state index in [1.54, 1.807) is 18.5 Å². The van der Waals surface area contributed by atoms with Crippen molar-refractivity contribution in [3.63, 3.8) is 0 Å². The molecule has 0 atom stereocenters. The van der Waals surface area contributed by atoms with Crippen LogP contribution in [0.25, 0.3) is 21.8 Å². The molecule has 2 heterocycles. The lowest BCUT2D eigenvalue weighted by Gasteiger charge is -2.07. The molecule has 0 radical (unpaired) electrons. The van der Waals surface area contributed by atoms with Crippen LogP contribution in [0, 0.1) is 5.82 Å². The van der Waals surface area contributed by atoms with Crippen molar-refractivity contribution in [2.75, 3.05) is 5.32 Å². The molecule has 0 spiro atoms. The monoisotopic (exact) mass is 319 g/mol. The Kier molecular flexibility index (Phi) is 3.46. The average Bonchev–Trinajstić information content (AvgIpc) is 2.97. The highest BCUT2D eigenvalue weighted by Gasteiger charge is 2.11. The van der Waals surface area contributed by atoms with Gasteiger partial charge in [-0.2, -0.15) is 0 Å². The molecule has 1 amide bonds. The number of nitrogens with zero attached hydrogens (tertiary/aromatic N) is 1. The molecular formula is C19H14FN3O. The van der Waals surface area contributed by atoms with Gasteiger partial charge < -0.3 is 10.3 Å². The molecule has 24 heavy (non-hydrogen) atoms. The fourth-order valence-corrected chi connectivity index (χ4v) is 2.88. The van der Waals surface area contributed by atoms with Crippen LogP contribution in [0.4, 0.5) is 10.1 Å². The van der Waals surface area contributed by atoms with E-state index in [4.69, 9.17) is 0 Å². The first kappa shape index (κ1) is 14.4. The molecule has 2 aromatic carbocycles. The number of rotatable bonds is 3. The molecule has 4 aromatic rings. The number of halogens is 1. The maximum Gasteiger partial charge on any atom is 0.228 e. The van der Waals surface area contributed by atoms with Crippen molar-refractivity contribution in [1.29, 1.82) is 0 Å². The second-order valence-corrected chi connectivity index (χ2v) is 5.61. The van der Waals surface area contributed by atoms with Crippen LogP contribution < -0.4 is 5.32 Å². The van der Waals surface area contributed by atoms with Crippen LogP contribution in [-0.2, 0) is 11.2 Å². The van der Waals surface area contributed by atoms with Crippen LogP contribution in [0.5, 0.6) is 0 Å². The smallest absolute Gasteiger partial charge is 0.228 e. The molecular weight excluding hydrogens is 305 g/mol. The summed E-state index contributed by atoms with van der Waals surface area (Å²) >= 11 is 0. The first-order valence-electron chi connectivity index (χ1n) is 7.60. The van der Waals surface area contributed by atoms with Gasteiger partial charge in [0.1, 0.15) is 5.82 Å². The number of hydrogen-bond acceptors (Lipinski definition) is 2. The van der Waals surface area contributed by atoms with Crippen LogP contribution in [0.15, 0.2) is 60.9 Å². The first-order chi connectivity index (χ1) is 11.7. The van der Waals surface area contributed by atoms with Crippen LogP contribution in [0.2, 0.25) is 0 Å². The molecule has 0 aliphatic heterocycles. The second kappa shape index (κ2) is 5.77. The van der Waals surface area contributed by atoms with Gasteiger partial charge in [0.05, 0.1) is 17.6 Å². The summed E-state index contributed by atoms with van der Waals surface area (Å²) < 4.78 is 13.2. The maximum atomic E-state index is 13.2. The highest BCUT2D eigenvalue weighted by molar-refractivity contribution is 6.02. The minimum Gasteiger partial charge on any atom is -0.361 e. The predicted molar refractivity (Wildman–Crippen MR) is 92.3 cm³/mol. The summed E-state index contributed by atoms with van der Waals surface area (Å²) in [6.45, 7) is 0. The van der Waals surface area contributed by atoms with E-state index in [1.165, 1.54) is 12.1 Å². The van der Waals surface area contributed by atoms with Crippen molar-refractivity contribution < 1.29 is 9.18 Å². The van der Waals surface area contributed by atoms with E-state index >= 15 is 0 Å². The number of H-pyrrole nitrogens is 1. The number of fused-ring (bicyclic) bond motifs is 2. The third-order valence-electron chi connectivity index (χ3n) is 3.99. The molecule has 2 aromatic heterocycles. The summed E-state index contributed by atoms with van der Waals surface area (Å²) in [5, 5.41) is 4.73. The number of carbonyl (C=O) groups is 1. The number of anilines is 1. The van der Waals surface area contributed by atoms with Gasteiger partial charge in [-0.05, 0) is 35.9 Å². The predicted octanol–water partition coefficient (Wildman–Crippen LogP) is 4.04. The largest absolute Gasteiger partial charge is 0.361 e. The van der Waals surface area contributed by atoms with Gasteiger partial charge in [0, 0.05) is 28.7 Å². The molecule has 2 N–H and O–H groups in total. The lowest BCUT2D eigenvalue weighted by atomic mass is 10.1. The fraction of sp³-hybridized carbons (Fsp3) is 0.0526. The fourth-order valence-electron chi connectivity index (χ4n) is 2.88. The zero-order valence-electron chi connectivity index (χ0n) is 12.7. The number of amides is 1. The van der Waals surface area contributed by atoms with Crippen molar-refractivity contribution in [1.82, 2.24) is 9.97 Å². The Morgan fingerprint density at radius 3 is 2.96 bits per heavy atom. The zero-order valence-corrected chi connectivity index (χ0v) is 12.7. The molecule has 0 fully saturated rings. The number of carbonyl (C=O) groups excluding carboxylic acids is 1. The van der Waals surface area contributed by atoms with Crippen molar-refractivity contribution in [3.8, 4) is 0 Å². The average molecular weight is 319 g/mol. The van der Waals surface area contributed by atoms with Crippen molar-refractivity contribution >= 4 is 33.4 Å². The van der Waals surface area contributed by atoms with E-state index in [-0.39, 0.29) is 18.1 Å². The summed E-state index contributed by atoms with van der Waals surface area (Å²) in [7, 11) is 0. The highest BCUT2D eigenvalue weighted by Crippen LogP contribution is 2.22. The summed E-state index contributed by atoms with van der Waals surface area (Å²) in [5.41, 5.74) is 2.96. The summed E-state index contributed by atoms with van der Waals surface area (Å²) in [6.07, 6.45) is 3.64. The van der Waals surface area contributed by atoms with E-state index in [9.17, 15) is 9.18 Å². The lowest BCUT2D eigenvalue weighted by Crippen LogP contribution is -2.14. The molecule has 4 nitrogen and oxygen atoms in total. The van der Waals surface area contributed by atoms with Crippen LogP contribution >= 0.6 is 0 Å². The number of benzene rings is 2. The molecule has 4 rings (SSSR count). The molecule has 0 saturated carbocycles. The third-order valence-corrected chi connectivity index (χ3v) is 3.99. The topological polar surface area (TPSA) is 57.8 Å². The molecule has 0 unspecified atom stereocenters. The Morgan fingerprint density at radius 2 is 2.04 bits per heavy atom. The van der Waals surface area contributed by atoms with Gasteiger partial charge in [0.15, 0.2) is 0 Å². The molecule has 0 aliphatic rings. The van der Waals surface area contributed by atoms with E-state index in [0.717, 1.165) is 21.9 Å². The van der Waals surface area contributed by atoms with Crippen molar-refractivity contribution in [2.45, 2.75) is 6.42 Å². The van der Waals surface area contributed by atoms with Gasteiger partial charge in [-0.1, -0.05) is 18.2 Å². The number of nitrogens with one attached hydrogen (secondary N) is 2. The van der Waals surface area contributed by atoms with Gasteiger partial charge in [-0.25, -0.2) is 4.39 Å². The van der Waals surface area contributed by atoms with E-state index < -0.39 is 0 Å². The Balaban J connectivity index is 1.60.